The van der Waals surface area contributed by atoms with Crippen LogP contribution in [0.4, 0.5) is 0 Å². The highest BCUT2D eigenvalue weighted by Gasteiger charge is 2.49. The number of benzene rings is 8. The van der Waals surface area contributed by atoms with E-state index in [4.69, 9.17) is 0 Å². The van der Waals surface area contributed by atoms with Gasteiger partial charge in [-0.25, -0.2) is 8.42 Å². The fraction of sp³-hybridized carbons (Fsp3) is 0.102. The first kappa shape index (κ1) is 31.4. The third-order valence-corrected chi connectivity index (χ3v) is 14.0. The van der Waals surface area contributed by atoms with Gasteiger partial charge < -0.3 is 9.13 Å². The summed E-state index contributed by atoms with van der Waals surface area (Å²) in [5.74, 6) is 0. The van der Waals surface area contributed by atoms with E-state index in [2.05, 4.69) is 132 Å². The predicted molar refractivity (Wildman–Crippen MR) is 223 cm³/mol. The van der Waals surface area contributed by atoms with Gasteiger partial charge in [-0.1, -0.05) is 109 Å². The second-order valence-electron chi connectivity index (χ2n) is 14.6. The quantitative estimate of drug-likeness (QED) is 0.182. The first-order valence-electron chi connectivity index (χ1n) is 18.8. The lowest BCUT2D eigenvalue weighted by Gasteiger charge is -2.42. The number of rotatable bonds is 4. The van der Waals surface area contributed by atoms with Crippen LogP contribution in [0, 0.1) is 0 Å². The summed E-state index contributed by atoms with van der Waals surface area (Å²) in [6.07, 6.45) is 0. The molecule has 0 saturated carbocycles. The van der Waals surface area contributed by atoms with Crippen LogP contribution >= 0.6 is 0 Å². The van der Waals surface area contributed by atoms with Crippen LogP contribution in [0.3, 0.4) is 0 Å². The molecule has 3 heterocycles. The molecule has 0 N–H and O–H groups in total. The molecule has 10 aromatic rings. The zero-order chi connectivity index (χ0) is 36.3. The standard InChI is InChI=1S/C49H36N2O2S/c1-3-50-41-27-23-33(29-37(41)47-35-15-7-5-13-31(35)21-25-43(47)50)49(39-17-9-11-19-45(39)54(52,53)46-20-12-10-18-40(46)49)34-24-28-42-38(30-34)48-36-16-8-6-14-32(36)22-26-44(48)51(42)4-2/h5-30H,3-4H2,1-2H3. The topological polar surface area (TPSA) is 44.0 Å². The van der Waals surface area contributed by atoms with Crippen molar-refractivity contribution in [3.8, 4) is 0 Å². The van der Waals surface area contributed by atoms with E-state index < -0.39 is 15.3 Å². The van der Waals surface area contributed by atoms with Gasteiger partial charge in [0.2, 0.25) is 9.84 Å². The Balaban J connectivity index is 1.34. The summed E-state index contributed by atoms with van der Waals surface area (Å²) in [4.78, 5) is 0.707. The first-order chi connectivity index (χ1) is 26.5. The molecule has 0 fully saturated rings. The molecule has 0 spiro atoms. The van der Waals surface area contributed by atoms with Crippen LogP contribution in [0.5, 0.6) is 0 Å². The number of aryl methyl sites for hydroxylation is 2. The Morgan fingerprint density at radius 3 is 1.31 bits per heavy atom. The van der Waals surface area contributed by atoms with Crippen molar-refractivity contribution in [1.29, 1.82) is 0 Å². The van der Waals surface area contributed by atoms with Crippen LogP contribution in [0.25, 0.3) is 65.2 Å². The molecule has 0 atom stereocenters. The van der Waals surface area contributed by atoms with Gasteiger partial charge in [0.05, 0.1) is 15.2 Å². The van der Waals surface area contributed by atoms with Crippen LogP contribution < -0.4 is 0 Å². The van der Waals surface area contributed by atoms with Gasteiger partial charge in [-0.15, -0.1) is 0 Å². The molecular weight excluding hydrogens is 681 g/mol. The predicted octanol–water partition coefficient (Wildman–Crippen LogP) is 11.8. The lowest BCUT2D eigenvalue weighted by atomic mass is 9.64. The second-order valence-corrected chi connectivity index (χ2v) is 16.4. The Hall–Kier alpha value is -6.17. The summed E-state index contributed by atoms with van der Waals surface area (Å²) in [7, 11) is -3.81. The van der Waals surface area contributed by atoms with Crippen LogP contribution in [0.2, 0.25) is 0 Å². The summed E-state index contributed by atoms with van der Waals surface area (Å²) >= 11 is 0. The number of aromatic nitrogens is 2. The Morgan fingerprint density at radius 1 is 0.444 bits per heavy atom. The van der Waals surface area contributed by atoms with Crippen molar-refractivity contribution in [3.05, 3.63) is 180 Å². The maximum atomic E-state index is 14.6. The summed E-state index contributed by atoms with van der Waals surface area (Å²) in [6, 6.07) is 55.2. The van der Waals surface area contributed by atoms with Gasteiger partial charge in [0.15, 0.2) is 0 Å². The average molecular weight is 717 g/mol. The zero-order valence-corrected chi connectivity index (χ0v) is 30.9. The SMILES string of the molecule is CCn1c2ccc(C3(c4ccc5c(c4)c4c6ccccc6ccc4n5CC)c4ccccc4S(=O)(=O)c4ccccc43)cc2c2c3ccccc3ccc21. The molecule has 5 heteroatoms. The average Bonchev–Trinajstić information content (AvgIpc) is 3.73. The van der Waals surface area contributed by atoms with Gasteiger partial charge in [0, 0.05) is 56.7 Å². The van der Waals surface area contributed by atoms with Crippen LogP contribution in [-0.4, -0.2) is 17.6 Å². The van der Waals surface area contributed by atoms with E-state index in [1.165, 1.54) is 65.2 Å². The fourth-order valence-electron chi connectivity index (χ4n) is 9.96. The maximum Gasteiger partial charge on any atom is 0.207 e. The Kier molecular flexibility index (Phi) is 6.49. The van der Waals surface area contributed by atoms with E-state index in [9.17, 15) is 8.42 Å². The molecule has 54 heavy (non-hydrogen) atoms. The first-order valence-corrected chi connectivity index (χ1v) is 20.3. The Bertz CT molecular complexity index is 3110. The number of hydrogen-bond acceptors (Lipinski definition) is 2. The smallest absolute Gasteiger partial charge is 0.207 e. The minimum absolute atomic E-state index is 0.353. The molecule has 11 rings (SSSR count). The summed E-state index contributed by atoms with van der Waals surface area (Å²) in [6.45, 7) is 6.07. The van der Waals surface area contributed by atoms with Crippen molar-refractivity contribution >= 4 is 75.0 Å². The van der Waals surface area contributed by atoms with E-state index in [1.807, 2.05) is 36.4 Å². The number of nitrogens with zero attached hydrogens (tertiary/aromatic N) is 2. The maximum absolute atomic E-state index is 14.6. The van der Waals surface area contributed by atoms with Crippen LogP contribution in [-0.2, 0) is 28.3 Å². The molecule has 4 nitrogen and oxygen atoms in total. The summed E-state index contributed by atoms with van der Waals surface area (Å²) in [5.41, 5.74) is 7.41. The summed E-state index contributed by atoms with van der Waals surface area (Å²) < 4.78 is 34.0. The van der Waals surface area contributed by atoms with Crippen molar-refractivity contribution < 1.29 is 8.42 Å². The minimum atomic E-state index is -3.81. The molecule has 260 valence electrons. The van der Waals surface area contributed by atoms with E-state index in [0.29, 0.717) is 9.79 Å². The molecule has 0 bridgehead atoms. The highest BCUT2D eigenvalue weighted by Crippen LogP contribution is 2.55. The van der Waals surface area contributed by atoms with Crippen LogP contribution in [0.1, 0.15) is 36.1 Å². The Morgan fingerprint density at radius 2 is 0.852 bits per heavy atom. The van der Waals surface area contributed by atoms with Gasteiger partial charge in [0.25, 0.3) is 0 Å². The monoisotopic (exact) mass is 716 g/mol. The molecule has 1 aliphatic heterocycles. The third kappa shape index (κ3) is 3.89. The normalized spacial score (nSPS) is 14.7. The van der Waals surface area contributed by atoms with Gasteiger partial charge in [-0.2, -0.15) is 0 Å². The zero-order valence-electron chi connectivity index (χ0n) is 30.0. The van der Waals surface area contributed by atoms with Crippen molar-refractivity contribution in [2.24, 2.45) is 0 Å². The van der Waals surface area contributed by atoms with Crippen molar-refractivity contribution in [3.63, 3.8) is 0 Å². The van der Waals surface area contributed by atoms with E-state index in [1.54, 1.807) is 12.1 Å². The lowest BCUT2D eigenvalue weighted by molar-refractivity contribution is 0.579. The van der Waals surface area contributed by atoms with Gasteiger partial charge in [-0.05, 0) is 106 Å². The summed E-state index contributed by atoms with van der Waals surface area (Å²) in [5, 5.41) is 9.60. The van der Waals surface area contributed by atoms with E-state index in [0.717, 1.165) is 35.3 Å². The molecule has 0 aliphatic carbocycles. The molecule has 0 amide bonds. The second kappa shape index (κ2) is 11.2. The van der Waals surface area contributed by atoms with Crippen molar-refractivity contribution in [2.45, 2.75) is 42.1 Å². The third-order valence-electron chi connectivity index (χ3n) is 12.2. The number of fused-ring (bicyclic) bond motifs is 12. The molecule has 0 radical (unpaired) electrons. The van der Waals surface area contributed by atoms with E-state index in [-0.39, 0.29) is 0 Å². The largest absolute Gasteiger partial charge is 0.341 e. The molecule has 1 aliphatic rings. The van der Waals surface area contributed by atoms with Crippen molar-refractivity contribution in [2.75, 3.05) is 0 Å². The fourth-order valence-corrected chi connectivity index (χ4v) is 11.7. The van der Waals surface area contributed by atoms with E-state index >= 15 is 0 Å². The van der Waals surface area contributed by atoms with Crippen molar-refractivity contribution in [1.82, 2.24) is 9.13 Å². The molecule has 0 saturated heterocycles. The highest BCUT2D eigenvalue weighted by atomic mass is 32.2. The van der Waals surface area contributed by atoms with Gasteiger partial charge in [-0.3, -0.25) is 0 Å². The number of sulfone groups is 1. The Labute approximate surface area is 313 Å². The lowest BCUT2D eigenvalue weighted by Crippen LogP contribution is -2.37. The molecule has 0 unspecified atom stereocenters. The molecule has 8 aromatic carbocycles. The van der Waals surface area contributed by atoms with Crippen LogP contribution in [0.15, 0.2) is 168 Å². The van der Waals surface area contributed by atoms with Gasteiger partial charge >= 0.3 is 0 Å². The minimum Gasteiger partial charge on any atom is -0.341 e. The molecule has 2 aromatic heterocycles. The van der Waals surface area contributed by atoms with Gasteiger partial charge in [0.1, 0.15) is 0 Å². The highest BCUT2D eigenvalue weighted by molar-refractivity contribution is 7.91. The molecular formula is C49H36N2O2S. The number of hydrogen-bond donors (Lipinski definition) is 0.